The summed E-state index contributed by atoms with van der Waals surface area (Å²) in [4.78, 5) is 13.9. The van der Waals surface area contributed by atoms with Gasteiger partial charge in [-0.25, -0.2) is 8.42 Å². The second kappa shape index (κ2) is 7.05. The minimum Gasteiger partial charge on any atom is -0.342 e. The number of benzene rings is 2. The highest BCUT2D eigenvalue weighted by atomic mass is 32.2. The van der Waals surface area contributed by atoms with Crippen molar-refractivity contribution < 1.29 is 13.2 Å². The van der Waals surface area contributed by atoms with Crippen LogP contribution < -0.4 is 4.72 Å². The number of nitrogens with one attached hydrogen (secondary N) is 1. The second-order valence-electron chi connectivity index (χ2n) is 5.77. The second-order valence-corrected chi connectivity index (χ2v) is 7.42. The van der Waals surface area contributed by atoms with Gasteiger partial charge in [0.2, 0.25) is 0 Å². The van der Waals surface area contributed by atoms with Crippen LogP contribution in [0.25, 0.3) is 0 Å². The third kappa shape index (κ3) is 3.94. The van der Waals surface area contributed by atoms with Crippen molar-refractivity contribution in [3.05, 3.63) is 59.2 Å². The predicted octanol–water partition coefficient (Wildman–Crippen LogP) is 3.20. The van der Waals surface area contributed by atoms with E-state index >= 15 is 0 Å². The molecule has 0 atom stereocenters. The molecule has 0 unspecified atom stereocenters. The number of hydrogen-bond acceptors (Lipinski definition) is 3. The van der Waals surface area contributed by atoms with Crippen LogP contribution in [0.3, 0.4) is 0 Å². The molecular weight excluding hydrogens is 324 g/mol. The molecule has 0 saturated heterocycles. The standard InChI is InChI=1S/C18H22N2O3S/c1-5-20(4)18(21)15-8-10-16(11-9-15)19-24(22,23)17-12-13(2)6-7-14(17)3/h6-12,19H,5H2,1-4H3. The molecule has 1 N–H and O–H groups in total. The van der Waals surface area contributed by atoms with Crippen LogP contribution in [0, 0.1) is 13.8 Å². The molecule has 0 aliphatic rings. The summed E-state index contributed by atoms with van der Waals surface area (Å²) in [7, 11) is -1.94. The van der Waals surface area contributed by atoms with Crippen LogP contribution in [-0.4, -0.2) is 32.8 Å². The maximum atomic E-state index is 12.6. The third-order valence-electron chi connectivity index (χ3n) is 3.84. The predicted molar refractivity (Wildman–Crippen MR) is 95.8 cm³/mol. The molecule has 5 nitrogen and oxygen atoms in total. The van der Waals surface area contributed by atoms with E-state index in [2.05, 4.69) is 4.72 Å². The lowest BCUT2D eigenvalue weighted by Crippen LogP contribution is -2.26. The first-order chi connectivity index (χ1) is 11.2. The maximum absolute atomic E-state index is 12.6. The van der Waals surface area contributed by atoms with E-state index < -0.39 is 10.0 Å². The highest BCUT2D eigenvalue weighted by Crippen LogP contribution is 2.21. The summed E-state index contributed by atoms with van der Waals surface area (Å²) in [6, 6.07) is 11.7. The number of anilines is 1. The molecule has 0 bridgehead atoms. The van der Waals surface area contributed by atoms with Crippen molar-refractivity contribution >= 4 is 21.6 Å². The van der Waals surface area contributed by atoms with Crippen molar-refractivity contribution in [2.24, 2.45) is 0 Å². The summed E-state index contributed by atoms with van der Waals surface area (Å²) in [5.41, 5.74) is 2.51. The van der Waals surface area contributed by atoms with Crippen LogP contribution in [0.2, 0.25) is 0 Å². The molecule has 1 amide bonds. The lowest BCUT2D eigenvalue weighted by molar-refractivity contribution is 0.0802. The lowest BCUT2D eigenvalue weighted by Gasteiger charge is -2.15. The molecule has 0 aliphatic heterocycles. The molecule has 0 saturated carbocycles. The molecular formula is C18H22N2O3S. The molecule has 0 spiro atoms. The topological polar surface area (TPSA) is 66.5 Å². The minimum atomic E-state index is -3.67. The Balaban J connectivity index is 2.24. The van der Waals surface area contributed by atoms with Crippen LogP contribution in [0.4, 0.5) is 5.69 Å². The average Bonchev–Trinajstić information content (AvgIpc) is 2.56. The van der Waals surface area contributed by atoms with E-state index in [9.17, 15) is 13.2 Å². The summed E-state index contributed by atoms with van der Waals surface area (Å²) < 4.78 is 27.7. The molecule has 0 heterocycles. The first kappa shape index (κ1) is 18.0. The average molecular weight is 346 g/mol. The van der Waals surface area contributed by atoms with Gasteiger partial charge >= 0.3 is 0 Å². The quantitative estimate of drug-likeness (QED) is 0.904. The van der Waals surface area contributed by atoms with Gasteiger partial charge in [0.05, 0.1) is 4.90 Å². The number of aryl methyl sites for hydroxylation is 2. The van der Waals surface area contributed by atoms with Gasteiger partial charge in [0, 0.05) is 24.8 Å². The molecule has 0 fully saturated rings. The Morgan fingerprint density at radius 2 is 1.71 bits per heavy atom. The monoisotopic (exact) mass is 346 g/mol. The molecule has 128 valence electrons. The fourth-order valence-electron chi connectivity index (χ4n) is 2.25. The zero-order chi connectivity index (χ0) is 17.9. The molecule has 0 aliphatic carbocycles. The number of rotatable bonds is 5. The summed E-state index contributed by atoms with van der Waals surface area (Å²) >= 11 is 0. The first-order valence-electron chi connectivity index (χ1n) is 7.70. The van der Waals surface area contributed by atoms with E-state index in [0.29, 0.717) is 23.4 Å². The van der Waals surface area contributed by atoms with Gasteiger partial charge in [-0.2, -0.15) is 0 Å². The van der Waals surface area contributed by atoms with Crippen molar-refractivity contribution in [1.82, 2.24) is 4.90 Å². The molecule has 2 aromatic carbocycles. The number of sulfonamides is 1. The Hall–Kier alpha value is -2.34. The Kier molecular flexibility index (Phi) is 5.29. The number of nitrogens with zero attached hydrogens (tertiary/aromatic N) is 1. The van der Waals surface area contributed by atoms with E-state index in [1.165, 1.54) is 0 Å². The van der Waals surface area contributed by atoms with E-state index in [1.807, 2.05) is 19.9 Å². The van der Waals surface area contributed by atoms with Crippen LogP contribution in [0.5, 0.6) is 0 Å². The van der Waals surface area contributed by atoms with Crippen LogP contribution in [0.1, 0.15) is 28.4 Å². The largest absolute Gasteiger partial charge is 0.342 e. The summed E-state index contributed by atoms with van der Waals surface area (Å²) in [5.74, 6) is -0.0959. The van der Waals surface area contributed by atoms with Crippen LogP contribution in [0.15, 0.2) is 47.4 Å². The number of amides is 1. The van der Waals surface area contributed by atoms with Gasteiger partial charge in [-0.3, -0.25) is 9.52 Å². The molecule has 2 rings (SSSR count). The smallest absolute Gasteiger partial charge is 0.262 e. The third-order valence-corrected chi connectivity index (χ3v) is 5.36. The van der Waals surface area contributed by atoms with Crippen molar-refractivity contribution in [2.45, 2.75) is 25.7 Å². The van der Waals surface area contributed by atoms with E-state index in [1.54, 1.807) is 55.3 Å². The van der Waals surface area contributed by atoms with E-state index in [4.69, 9.17) is 0 Å². The molecule has 6 heteroatoms. The van der Waals surface area contributed by atoms with Crippen molar-refractivity contribution in [1.29, 1.82) is 0 Å². The van der Waals surface area contributed by atoms with Gasteiger partial charge in [0.25, 0.3) is 15.9 Å². The Bertz CT molecular complexity index is 843. The summed E-state index contributed by atoms with van der Waals surface area (Å²) in [6.07, 6.45) is 0. The van der Waals surface area contributed by atoms with Gasteiger partial charge in [0.15, 0.2) is 0 Å². The van der Waals surface area contributed by atoms with E-state index in [0.717, 1.165) is 5.56 Å². The SMILES string of the molecule is CCN(C)C(=O)c1ccc(NS(=O)(=O)c2cc(C)ccc2C)cc1. The number of carbonyl (C=O) groups is 1. The van der Waals surface area contributed by atoms with Crippen molar-refractivity contribution in [2.75, 3.05) is 18.3 Å². The lowest BCUT2D eigenvalue weighted by atomic mass is 10.2. The van der Waals surface area contributed by atoms with Crippen LogP contribution in [-0.2, 0) is 10.0 Å². The molecule has 0 aromatic heterocycles. The Morgan fingerprint density at radius 3 is 2.29 bits per heavy atom. The highest BCUT2D eigenvalue weighted by Gasteiger charge is 2.17. The normalized spacial score (nSPS) is 11.2. The Morgan fingerprint density at radius 1 is 1.08 bits per heavy atom. The Labute approximate surface area is 143 Å². The number of carbonyl (C=O) groups excluding carboxylic acids is 1. The van der Waals surface area contributed by atoms with Gasteiger partial charge in [0.1, 0.15) is 0 Å². The fraction of sp³-hybridized carbons (Fsp3) is 0.278. The van der Waals surface area contributed by atoms with E-state index in [-0.39, 0.29) is 10.8 Å². The van der Waals surface area contributed by atoms with Gasteiger partial charge in [-0.1, -0.05) is 12.1 Å². The highest BCUT2D eigenvalue weighted by molar-refractivity contribution is 7.92. The minimum absolute atomic E-state index is 0.0959. The maximum Gasteiger partial charge on any atom is 0.262 e. The fourth-order valence-corrected chi connectivity index (χ4v) is 3.64. The van der Waals surface area contributed by atoms with Crippen molar-refractivity contribution in [3.8, 4) is 0 Å². The summed E-state index contributed by atoms with van der Waals surface area (Å²) in [6.45, 7) is 6.11. The zero-order valence-corrected chi connectivity index (χ0v) is 15.1. The number of hydrogen-bond donors (Lipinski definition) is 1. The first-order valence-corrected chi connectivity index (χ1v) is 9.18. The van der Waals surface area contributed by atoms with Gasteiger partial charge in [-0.15, -0.1) is 0 Å². The molecule has 24 heavy (non-hydrogen) atoms. The zero-order valence-electron chi connectivity index (χ0n) is 14.3. The van der Waals surface area contributed by atoms with Crippen molar-refractivity contribution in [3.63, 3.8) is 0 Å². The van der Waals surface area contributed by atoms with Gasteiger partial charge in [-0.05, 0) is 62.2 Å². The molecule has 2 aromatic rings. The summed E-state index contributed by atoms with van der Waals surface area (Å²) in [5, 5.41) is 0. The van der Waals surface area contributed by atoms with Crippen LogP contribution >= 0.6 is 0 Å². The molecule has 0 radical (unpaired) electrons. The van der Waals surface area contributed by atoms with Gasteiger partial charge < -0.3 is 4.90 Å².